The van der Waals surface area contributed by atoms with Gasteiger partial charge in [0, 0.05) is 31.9 Å². The molecule has 0 unspecified atom stereocenters. The van der Waals surface area contributed by atoms with Gasteiger partial charge in [-0.15, -0.1) is 11.3 Å². The smallest absolute Gasteiger partial charge is 0.264 e. The molecule has 0 bridgehead atoms. The third-order valence-corrected chi connectivity index (χ3v) is 5.17. The number of amides is 2. The van der Waals surface area contributed by atoms with Crippen molar-refractivity contribution in [1.29, 1.82) is 0 Å². The number of benzene rings is 1. The molecule has 1 saturated heterocycles. The summed E-state index contributed by atoms with van der Waals surface area (Å²) in [6.07, 6.45) is 0. The molecule has 1 N–H and O–H groups in total. The average Bonchev–Trinajstić information content (AvgIpc) is 3.13. The van der Waals surface area contributed by atoms with Gasteiger partial charge in [-0.2, -0.15) is 0 Å². The molecule has 25 heavy (non-hydrogen) atoms. The first-order chi connectivity index (χ1) is 12.0. The third-order valence-electron chi connectivity index (χ3n) is 4.32. The zero-order valence-electron chi connectivity index (χ0n) is 14.6. The summed E-state index contributed by atoms with van der Waals surface area (Å²) in [6, 6.07) is 9.92. The van der Waals surface area contributed by atoms with Crippen LogP contribution in [0.5, 0.6) is 0 Å². The van der Waals surface area contributed by atoms with Crippen molar-refractivity contribution < 1.29 is 9.59 Å². The first-order valence-corrected chi connectivity index (χ1v) is 9.33. The van der Waals surface area contributed by atoms with Gasteiger partial charge in [-0.25, -0.2) is 0 Å². The summed E-state index contributed by atoms with van der Waals surface area (Å²) in [5.41, 5.74) is 3.32. The first-order valence-electron chi connectivity index (χ1n) is 8.45. The van der Waals surface area contributed by atoms with Crippen LogP contribution in [0.25, 0.3) is 0 Å². The van der Waals surface area contributed by atoms with Crippen LogP contribution in [-0.2, 0) is 4.79 Å². The number of carbonyl (C=O) groups excluding carboxylic acids is 2. The van der Waals surface area contributed by atoms with Gasteiger partial charge in [-0.3, -0.25) is 9.59 Å². The largest absolute Gasteiger partial charge is 0.376 e. The van der Waals surface area contributed by atoms with E-state index in [1.165, 1.54) is 22.5 Å². The second kappa shape index (κ2) is 7.70. The van der Waals surface area contributed by atoms with E-state index in [-0.39, 0.29) is 18.4 Å². The lowest BCUT2D eigenvalue weighted by Gasteiger charge is -2.34. The summed E-state index contributed by atoms with van der Waals surface area (Å²) >= 11 is 1.46. The fourth-order valence-corrected chi connectivity index (χ4v) is 3.77. The monoisotopic (exact) mass is 357 g/mol. The molecule has 132 valence electrons. The van der Waals surface area contributed by atoms with Gasteiger partial charge in [0.15, 0.2) is 0 Å². The van der Waals surface area contributed by atoms with E-state index in [0.717, 1.165) is 10.6 Å². The van der Waals surface area contributed by atoms with Gasteiger partial charge in [-0.1, -0.05) is 12.1 Å². The molecule has 2 aromatic rings. The van der Waals surface area contributed by atoms with E-state index >= 15 is 0 Å². The van der Waals surface area contributed by atoms with Crippen LogP contribution in [0.1, 0.15) is 20.8 Å². The van der Waals surface area contributed by atoms with Crippen LogP contribution in [0.3, 0.4) is 0 Å². The van der Waals surface area contributed by atoms with Crippen molar-refractivity contribution in [2.24, 2.45) is 0 Å². The Morgan fingerprint density at radius 3 is 2.28 bits per heavy atom. The normalized spacial score (nSPS) is 14.5. The van der Waals surface area contributed by atoms with Gasteiger partial charge in [-0.05, 0) is 48.6 Å². The SMILES string of the molecule is Cc1cc(C)cc(NCC(=O)N2CCN(C(=O)c3cccs3)CC2)c1. The molecule has 0 atom stereocenters. The summed E-state index contributed by atoms with van der Waals surface area (Å²) in [5.74, 6) is 0.137. The Morgan fingerprint density at radius 1 is 1.04 bits per heavy atom. The van der Waals surface area contributed by atoms with E-state index in [1.807, 2.05) is 53.3 Å². The maximum Gasteiger partial charge on any atom is 0.264 e. The van der Waals surface area contributed by atoms with Gasteiger partial charge in [0.05, 0.1) is 11.4 Å². The van der Waals surface area contributed by atoms with Crippen molar-refractivity contribution in [1.82, 2.24) is 9.80 Å². The van der Waals surface area contributed by atoms with E-state index in [4.69, 9.17) is 0 Å². The van der Waals surface area contributed by atoms with E-state index in [9.17, 15) is 9.59 Å². The maximum atomic E-state index is 12.4. The second-order valence-corrected chi connectivity index (χ2v) is 7.33. The summed E-state index contributed by atoms with van der Waals surface area (Å²) < 4.78 is 0. The molecule has 0 spiro atoms. The number of nitrogens with one attached hydrogen (secondary N) is 1. The number of piperazine rings is 1. The van der Waals surface area contributed by atoms with Crippen LogP contribution in [0.4, 0.5) is 5.69 Å². The Hall–Kier alpha value is -2.34. The molecule has 3 rings (SSSR count). The number of rotatable bonds is 4. The highest BCUT2D eigenvalue weighted by molar-refractivity contribution is 7.12. The van der Waals surface area contributed by atoms with Crippen LogP contribution in [0.15, 0.2) is 35.7 Å². The third kappa shape index (κ3) is 4.39. The lowest BCUT2D eigenvalue weighted by molar-refractivity contribution is -0.130. The highest BCUT2D eigenvalue weighted by Crippen LogP contribution is 2.15. The number of carbonyl (C=O) groups is 2. The number of aryl methyl sites for hydroxylation is 2. The molecule has 0 saturated carbocycles. The van der Waals surface area contributed by atoms with Crippen molar-refractivity contribution in [3.8, 4) is 0 Å². The van der Waals surface area contributed by atoms with Gasteiger partial charge in [0.25, 0.3) is 5.91 Å². The zero-order valence-corrected chi connectivity index (χ0v) is 15.4. The van der Waals surface area contributed by atoms with Crippen molar-refractivity contribution in [2.75, 3.05) is 38.0 Å². The van der Waals surface area contributed by atoms with E-state index in [1.54, 1.807) is 0 Å². The Balaban J connectivity index is 1.49. The minimum Gasteiger partial charge on any atom is -0.376 e. The molecular formula is C19H23N3O2S. The summed E-state index contributed by atoms with van der Waals surface area (Å²) in [7, 11) is 0. The van der Waals surface area contributed by atoms with Crippen LogP contribution >= 0.6 is 11.3 Å². The topological polar surface area (TPSA) is 52.7 Å². The quantitative estimate of drug-likeness (QED) is 0.915. The highest BCUT2D eigenvalue weighted by atomic mass is 32.1. The highest BCUT2D eigenvalue weighted by Gasteiger charge is 2.25. The molecule has 1 aliphatic rings. The molecule has 6 heteroatoms. The lowest BCUT2D eigenvalue weighted by Crippen LogP contribution is -2.51. The van der Waals surface area contributed by atoms with Gasteiger partial charge < -0.3 is 15.1 Å². The molecule has 0 radical (unpaired) electrons. The van der Waals surface area contributed by atoms with Crippen LogP contribution in [0, 0.1) is 13.8 Å². The van der Waals surface area contributed by atoms with Crippen LogP contribution in [0.2, 0.25) is 0 Å². The van der Waals surface area contributed by atoms with Crippen LogP contribution in [-0.4, -0.2) is 54.3 Å². The molecule has 0 aliphatic carbocycles. The predicted molar refractivity (Wildman–Crippen MR) is 101 cm³/mol. The molecule has 5 nitrogen and oxygen atoms in total. The number of hydrogen-bond acceptors (Lipinski definition) is 4. The molecule has 2 amide bonds. The molecule has 1 aromatic heterocycles. The van der Waals surface area contributed by atoms with E-state index in [2.05, 4.69) is 11.4 Å². The maximum absolute atomic E-state index is 12.4. The average molecular weight is 357 g/mol. The minimum atomic E-state index is 0.0652. The van der Waals surface area contributed by atoms with E-state index < -0.39 is 0 Å². The van der Waals surface area contributed by atoms with Crippen molar-refractivity contribution in [3.05, 3.63) is 51.7 Å². The molecule has 1 aliphatic heterocycles. The second-order valence-electron chi connectivity index (χ2n) is 6.38. The number of nitrogens with zero attached hydrogens (tertiary/aromatic N) is 2. The minimum absolute atomic E-state index is 0.0652. The van der Waals surface area contributed by atoms with Gasteiger partial charge >= 0.3 is 0 Å². The van der Waals surface area contributed by atoms with Crippen molar-refractivity contribution in [3.63, 3.8) is 0 Å². The van der Waals surface area contributed by atoms with Crippen molar-refractivity contribution in [2.45, 2.75) is 13.8 Å². The molecule has 1 aromatic carbocycles. The Morgan fingerprint density at radius 2 is 1.68 bits per heavy atom. The summed E-state index contributed by atoms with van der Waals surface area (Å²) in [6.45, 7) is 6.72. The Bertz CT molecular complexity index is 730. The van der Waals surface area contributed by atoms with E-state index in [0.29, 0.717) is 26.2 Å². The lowest BCUT2D eigenvalue weighted by atomic mass is 10.1. The first kappa shape index (κ1) is 17.5. The fraction of sp³-hybridized carbons (Fsp3) is 0.368. The Labute approximate surface area is 152 Å². The molecule has 1 fully saturated rings. The number of thiophene rings is 1. The predicted octanol–water partition coefficient (Wildman–Crippen LogP) is 2.76. The summed E-state index contributed by atoms with van der Waals surface area (Å²) in [4.78, 5) is 29.2. The fourth-order valence-electron chi connectivity index (χ4n) is 3.08. The molecular weight excluding hydrogens is 334 g/mol. The standard InChI is InChI=1S/C19H23N3O2S/c1-14-10-15(2)12-16(11-14)20-13-18(23)21-5-7-22(8-6-21)19(24)17-4-3-9-25-17/h3-4,9-12,20H,5-8,13H2,1-2H3. The van der Waals surface area contributed by atoms with Gasteiger partial charge in [0.1, 0.15) is 0 Å². The zero-order chi connectivity index (χ0) is 17.8. The number of anilines is 1. The number of hydrogen-bond donors (Lipinski definition) is 1. The summed E-state index contributed by atoms with van der Waals surface area (Å²) in [5, 5.41) is 5.12. The Kier molecular flexibility index (Phi) is 5.38. The van der Waals surface area contributed by atoms with Crippen LogP contribution < -0.4 is 5.32 Å². The molecule has 2 heterocycles. The van der Waals surface area contributed by atoms with Crippen molar-refractivity contribution >= 4 is 28.8 Å². The van der Waals surface area contributed by atoms with Gasteiger partial charge in [0.2, 0.25) is 5.91 Å².